The van der Waals surface area contributed by atoms with Crippen LogP contribution in [0.25, 0.3) is 0 Å². The minimum atomic E-state index is -0.209. The molecule has 0 spiro atoms. The van der Waals surface area contributed by atoms with Gasteiger partial charge in [0.15, 0.2) is 11.5 Å². The largest absolute Gasteiger partial charge is 0.486 e. The minimum absolute atomic E-state index is 0.209. The number of nitrogens with one attached hydrogen (secondary N) is 2. The number of fused-ring (bicyclic) bond motifs is 1. The third-order valence-electron chi connectivity index (χ3n) is 4.05. The average molecular weight is 361 g/mol. The van der Waals surface area contributed by atoms with Crippen molar-refractivity contribution in [3.63, 3.8) is 0 Å². The topological polar surface area (TPSA) is 59.6 Å². The Morgan fingerprint density at radius 1 is 1.16 bits per heavy atom. The molecule has 2 N–H and O–H groups in total. The first-order valence-electron chi connectivity index (χ1n) is 8.27. The lowest BCUT2D eigenvalue weighted by atomic mass is 10.1. The van der Waals surface area contributed by atoms with Gasteiger partial charge < -0.3 is 20.1 Å². The highest BCUT2D eigenvalue weighted by molar-refractivity contribution is 6.32. The van der Waals surface area contributed by atoms with Crippen molar-refractivity contribution in [3.8, 4) is 11.5 Å². The van der Waals surface area contributed by atoms with E-state index in [4.69, 9.17) is 21.1 Å². The van der Waals surface area contributed by atoms with Crippen LogP contribution in [-0.2, 0) is 13.0 Å². The maximum atomic E-state index is 12.0. The molecule has 132 valence electrons. The van der Waals surface area contributed by atoms with Crippen LogP contribution in [0.4, 0.5) is 4.79 Å². The Bertz CT molecular complexity index is 764. The number of carbonyl (C=O) groups excluding carboxylic acids is 1. The first-order chi connectivity index (χ1) is 12.1. The van der Waals surface area contributed by atoms with Crippen LogP contribution in [0.3, 0.4) is 0 Å². The highest BCUT2D eigenvalue weighted by atomic mass is 35.5. The first-order valence-corrected chi connectivity index (χ1v) is 8.65. The highest BCUT2D eigenvalue weighted by Gasteiger charge is 2.16. The number of ether oxygens (including phenoxy) is 2. The van der Waals surface area contributed by atoms with Crippen LogP contribution >= 0.6 is 11.6 Å². The molecule has 2 aromatic rings. The molecular weight excluding hydrogens is 340 g/mol. The van der Waals surface area contributed by atoms with E-state index in [1.807, 2.05) is 18.2 Å². The summed E-state index contributed by atoms with van der Waals surface area (Å²) in [5.41, 5.74) is 3.33. The van der Waals surface area contributed by atoms with Gasteiger partial charge in [0.2, 0.25) is 0 Å². The fraction of sp³-hybridized carbons (Fsp3) is 0.316. The van der Waals surface area contributed by atoms with Crippen molar-refractivity contribution < 1.29 is 14.3 Å². The Balaban J connectivity index is 1.48. The zero-order chi connectivity index (χ0) is 17.6. The lowest BCUT2D eigenvalue weighted by Gasteiger charge is -2.20. The fourth-order valence-electron chi connectivity index (χ4n) is 2.71. The van der Waals surface area contributed by atoms with Gasteiger partial charge in [0.25, 0.3) is 0 Å². The summed E-state index contributed by atoms with van der Waals surface area (Å²) in [4.78, 5) is 12.0. The monoisotopic (exact) mass is 360 g/mol. The van der Waals surface area contributed by atoms with Crippen molar-refractivity contribution in [2.24, 2.45) is 0 Å². The molecule has 0 aliphatic carbocycles. The summed E-state index contributed by atoms with van der Waals surface area (Å²) in [6.45, 7) is 4.01. The van der Waals surface area contributed by atoms with E-state index in [1.54, 1.807) is 6.07 Å². The van der Waals surface area contributed by atoms with E-state index < -0.39 is 0 Å². The van der Waals surface area contributed by atoms with E-state index in [2.05, 4.69) is 29.7 Å². The maximum Gasteiger partial charge on any atom is 0.315 e. The molecule has 0 saturated heterocycles. The quantitative estimate of drug-likeness (QED) is 0.858. The normalized spacial score (nSPS) is 12.6. The summed E-state index contributed by atoms with van der Waals surface area (Å²) in [5, 5.41) is 6.19. The van der Waals surface area contributed by atoms with Crippen molar-refractivity contribution in [2.75, 3.05) is 19.8 Å². The second kappa shape index (κ2) is 8.12. The number of benzene rings is 2. The highest BCUT2D eigenvalue weighted by Crippen LogP contribution is 2.38. The molecule has 0 bridgehead atoms. The first kappa shape index (κ1) is 17.4. The summed E-state index contributed by atoms with van der Waals surface area (Å²) in [7, 11) is 0. The Labute approximate surface area is 152 Å². The number of urea groups is 1. The van der Waals surface area contributed by atoms with Gasteiger partial charge in [-0.05, 0) is 42.2 Å². The second-order valence-electron chi connectivity index (χ2n) is 5.89. The molecule has 5 nitrogen and oxygen atoms in total. The molecule has 0 aromatic heterocycles. The van der Waals surface area contributed by atoms with Crippen molar-refractivity contribution in [1.29, 1.82) is 0 Å². The van der Waals surface area contributed by atoms with Gasteiger partial charge in [0, 0.05) is 13.1 Å². The molecule has 3 rings (SSSR count). The summed E-state index contributed by atoms with van der Waals surface area (Å²) < 4.78 is 11.0. The van der Waals surface area contributed by atoms with Crippen LogP contribution in [0.5, 0.6) is 11.5 Å². The van der Waals surface area contributed by atoms with Crippen LogP contribution in [0.1, 0.15) is 16.7 Å². The molecule has 1 aliphatic heterocycles. The van der Waals surface area contributed by atoms with E-state index in [0.29, 0.717) is 42.8 Å². The molecule has 6 heteroatoms. The van der Waals surface area contributed by atoms with E-state index >= 15 is 0 Å². The summed E-state index contributed by atoms with van der Waals surface area (Å²) in [6, 6.07) is 11.6. The van der Waals surface area contributed by atoms with Gasteiger partial charge >= 0.3 is 6.03 Å². The molecule has 2 amide bonds. The molecule has 1 heterocycles. The number of aryl methyl sites for hydroxylation is 1. The lowest BCUT2D eigenvalue weighted by Crippen LogP contribution is -2.36. The minimum Gasteiger partial charge on any atom is -0.486 e. The van der Waals surface area contributed by atoms with Gasteiger partial charge in [-0.25, -0.2) is 4.79 Å². The van der Waals surface area contributed by atoms with Gasteiger partial charge in [-0.1, -0.05) is 35.9 Å². The molecular formula is C19H21ClN2O3. The molecule has 0 atom stereocenters. The number of hydrogen-bond donors (Lipinski definition) is 2. The number of rotatable bonds is 5. The van der Waals surface area contributed by atoms with Gasteiger partial charge in [-0.2, -0.15) is 0 Å². The molecule has 0 fully saturated rings. The van der Waals surface area contributed by atoms with E-state index in [-0.39, 0.29) is 6.03 Å². The Kier molecular flexibility index (Phi) is 5.66. The van der Waals surface area contributed by atoms with Gasteiger partial charge in [0.1, 0.15) is 13.2 Å². The van der Waals surface area contributed by atoms with Crippen LogP contribution in [0.15, 0.2) is 36.4 Å². The average Bonchev–Trinajstić information content (AvgIpc) is 2.62. The van der Waals surface area contributed by atoms with E-state index in [0.717, 1.165) is 12.0 Å². The zero-order valence-corrected chi connectivity index (χ0v) is 14.9. The van der Waals surface area contributed by atoms with Crippen LogP contribution in [0, 0.1) is 6.92 Å². The molecule has 0 unspecified atom stereocenters. The standard InChI is InChI=1S/C19H21ClN2O3/c1-13-4-2-3-5-15(13)6-7-21-19(23)22-12-14-10-16(20)18-17(11-14)24-8-9-25-18/h2-5,10-11H,6-9,12H2,1H3,(H2,21,22,23). The fourth-order valence-corrected chi connectivity index (χ4v) is 3.00. The predicted molar refractivity (Wildman–Crippen MR) is 97.6 cm³/mol. The van der Waals surface area contributed by atoms with Gasteiger partial charge in [0.05, 0.1) is 5.02 Å². The van der Waals surface area contributed by atoms with Crippen molar-refractivity contribution in [1.82, 2.24) is 10.6 Å². The van der Waals surface area contributed by atoms with E-state index in [1.165, 1.54) is 11.1 Å². The molecule has 2 aromatic carbocycles. The van der Waals surface area contributed by atoms with Crippen molar-refractivity contribution in [3.05, 3.63) is 58.1 Å². The zero-order valence-electron chi connectivity index (χ0n) is 14.1. The Morgan fingerprint density at radius 3 is 2.80 bits per heavy atom. The van der Waals surface area contributed by atoms with Crippen molar-refractivity contribution in [2.45, 2.75) is 19.9 Å². The molecule has 0 saturated carbocycles. The number of hydrogen-bond acceptors (Lipinski definition) is 3. The lowest BCUT2D eigenvalue weighted by molar-refractivity contribution is 0.171. The SMILES string of the molecule is Cc1ccccc1CCNC(=O)NCc1cc(Cl)c2c(c1)OCCO2. The number of halogens is 1. The molecule has 1 aliphatic rings. The number of carbonyl (C=O) groups is 1. The predicted octanol–water partition coefficient (Wildman–Crippen LogP) is 3.46. The molecule has 0 radical (unpaired) electrons. The Morgan fingerprint density at radius 2 is 1.96 bits per heavy atom. The Hall–Kier alpha value is -2.40. The molecule has 25 heavy (non-hydrogen) atoms. The van der Waals surface area contributed by atoms with Crippen LogP contribution in [-0.4, -0.2) is 25.8 Å². The summed E-state index contributed by atoms with van der Waals surface area (Å²) in [6.07, 6.45) is 0.802. The summed E-state index contributed by atoms with van der Waals surface area (Å²) in [5.74, 6) is 1.19. The van der Waals surface area contributed by atoms with Crippen molar-refractivity contribution >= 4 is 17.6 Å². The van der Waals surface area contributed by atoms with Crippen LogP contribution in [0.2, 0.25) is 5.02 Å². The summed E-state index contributed by atoms with van der Waals surface area (Å²) >= 11 is 6.20. The third kappa shape index (κ3) is 4.57. The van der Waals surface area contributed by atoms with E-state index in [9.17, 15) is 4.79 Å². The van der Waals surface area contributed by atoms with Crippen LogP contribution < -0.4 is 20.1 Å². The maximum absolute atomic E-state index is 12.0. The van der Waals surface area contributed by atoms with Gasteiger partial charge in [-0.15, -0.1) is 0 Å². The number of amides is 2. The third-order valence-corrected chi connectivity index (χ3v) is 4.33. The van der Waals surface area contributed by atoms with Gasteiger partial charge in [-0.3, -0.25) is 0 Å². The smallest absolute Gasteiger partial charge is 0.315 e. The second-order valence-corrected chi connectivity index (χ2v) is 6.29.